The molecular weight excluding hydrogens is 262 g/mol. The lowest BCUT2D eigenvalue weighted by Gasteiger charge is -2.07. The molecule has 0 atom stereocenters. The molecule has 6 nitrogen and oxygen atoms in total. The van der Waals surface area contributed by atoms with Crippen molar-refractivity contribution in [1.29, 1.82) is 0 Å². The van der Waals surface area contributed by atoms with E-state index in [0.717, 1.165) is 10.9 Å². The molecule has 0 N–H and O–H groups in total. The fourth-order valence-electron chi connectivity index (χ4n) is 1.90. The minimum atomic E-state index is -0.864. The topological polar surface area (TPSA) is 66.8 Å². The fraction of sp³-hybridized carbons (Fsp3) is 0.286. The van der Waals surface area contributed by atoms with Gasteiger partial charge < -0.3 is 14.2 Å². The molecule has 1 aromatic carbocycles. The van der Waals surface area contributed by atoms with Gasteiger partial charge >= 0.3 is 12.2 Å². The van der Waals surface area contributed by atoms with E-state index in [-0.39, 0.29) is 12.5 Å². The van der Waals surface area contributed by atoms with Crippen molar-refractivity contribution in [3.05, 3.63) is 29.8 Å². The first-order valence-electron chi connectivity index (χ1n) is 6.11. The zero-order chi connectivity index (χ0) is 14.7. The quantitative estimate of drug-likeness (QED) is 0.789. The lowest BCUT2D eigenvalue weighted by Crippen LogP contribution is -2.17. The second-order valence-corrected chi connectivity index (χ2v) is 4.14. The number of carbonyl (C=O) groups is 2. The molecule has 0 radical (unpaired) electrons. The number of rotatable bonds is 2. The van der Waals surface area contributed by atoms with E-state index in [1.54, 1.807) is 19.1 Å². The maximum Gasteiger partial charge on any atom is 0.515 e. The largest absolute Gasteiger partial charge is 0.515 e. The van der Waals surface area contributed by atoms with Gasteiger partial charge in [-0.05, 0) is 26.0 Å². The van der Waals surface area contributed by atoms with Crippen LogP contribution in [0.3, 0.4) is 0 Å². The van der Waals surface area contributed by atoms with Gasteiger partial charge in [0.2, 0.25) is 5.88 Å². The zero-order valence-electron chi connectivity index (χ0n) is 11.5. The average molecular weight is 277 g/mol. The minimum Gasteiger partial charge on any atom is -0.452 e. The Morgan fingerprint density at radius 1 is 1.25 bits per heavy atom. The average Bonchev–Trinajstić information content (AvgIpc) is 2.74. The molecular formula is C14H15NO5. The van der Waals surface area contributed by atoms with Gasteiger partial charge in [-0.3, -0.25) is 0 Å². The molecule has 0 saturated heterocycles. The van der Waals surface area contributed by atoms with Crippen LogP contribution in [0.1, 0.15) is 12.5 Å². The van der Waals surface area contributed by atoms with Crippen LogP contribution in [0.4, 0.5) is 9.59 Å². The van der Waals surface area contributed by atoms with Crippen molar-refractivity contribution in [2.45, 2.75) is 13.8 Å². The maximum absolute atomic E-state index is 11.8. The first-order chi connectivity index (χ1) is 9.56. The Bertz CT molecular complexity index is 659. The third-order valence-electron chi connectivity index (χ3n) is 2.73. The van der Waals surface area contributed by atoms with Crippen LogP contribution >= 0.6 is 0 Å². The van der Waals surface area contributed by atoms with E-state index in [9.17, 15) is 9.59 Å². The van der Waals surface area contributed by atoms with E-state index in [2.05, 4.69) is 0 Å². The number of aryl methyl sites for hydroxylation is 1. The van der Waals surface area contributed by atoms with Crippen LogP contribution in [0.25, 0.3) is 10.9 Å². The molecule has 1 aromatic heterocycles. The number of ether oxygens (including phenoxy) is 3. The molecule has 0 amide bonds. The predicted molar refractivity (Wildman–Crippen MR) is 72.1 cm³/mol. The third kappa shape index (κ3) is 2.59. The van der Waals surface area contributed by atoms with Gasteiger partial charge in [0.25, 0.3) is 0 Å². The summed E-state index contributed by atoms with van der Waals surface area (Å²) in [4.78, 5) is 23.3. The molecule has 2 aromatic rings. The van der Waals surface area contributed by atoms with E-state index in [4.69, 9.17) is 14.2 Å². The van der Waals surface area contributed by atoms with Crippen LogP contribution in [-0.4, -0.2) is 30.5 Å². The number of nitrogens with zero attached hydrogens (tertiary/aromatic N) is 1. The van der Waals surface area contributed by atoms with Crippen molar-refractivity contribution >= 4 is 23.2 Å². The molecule has 20 heavy (non-hydrogen) atoms. The van der Waals surface area contributed by atoms with Crippen molar-refractivity contribution in [3.63, 3.8) is 0 Å². The summed E-state index contributed by atoms with van der Waals surface area (Å²) in [5.41, 5.74) is 1.63. The highest BCUT2D eigenvalue weighted by molar-refractivity contribution is 5.93. The standard InChI is InChI=1S/C14H15NO5/c1-4-19-14(17)20-12-8-10-7-9(2)5-6-11(10)15(12)13(16)18-3/h5-8H,4H2,1-3H3. The molecule has 0 bridgehead atoms. The van der Waals surface area contributed by atoms with Gasteiger partial charge in [0, 0.05) is 11.5 Å². The normalized spacial score (nSPS) is 10.3. The highest BCUT2D eigenvalue weighted by Crippen LogP contribution is 2.27. The molecule has 1 heterocycles. The van der Waals surface area contributed by atoms with Gasteiger partial charge in [0.05, 0.1) is 19.2 Å². The summed E-state index contributed by atoms with van der Waals surface area (Å²) in [6.45, 7) is 3.79. The van der Waals surface area contributed by atoms with Gasteiger partial charge in [-0.15, -0.1) is 0 Å². The maximum atomic E-state index is 11.8. The summed E-state index contributed by atoms with van der Waals surface area (Å²) in [6.07, 6.45) is -1.50. The summed E-state index contributed by atoms with van der Waals surface area (Å²) >= 11 is 0. The summed E-state index contributed by atoms with van der Waals surface area (Å²) in [6, 6.07) is 7.10. The van der Waals surface area contributed by atoms with Crippen LogP contribution in [0.5, 0.6) is 5.88 Å². The number of benzene rings is 1. The SMILES string of the molecule is CCOC(=O)Oc1cc2cc(C)ccc2n1C(=O)OC. The number of carbonyl (C=O) groups excluding carboxylic acids is 2. The Kier molecular flexibility index (Phi) is 3.93. The molecule has 0 unspecified atom stereocenters. The summed E-state index contributed by atoms with van der Waals surface area (Å²) < 4.78 is 15.6. The Labute approximate surface area is 115 Å². The smallest absolute Gasteiger partial charge is 0.452 e. The minimum absolute atomic E-state index is 0.0656. The number of hydrogen-bond donors (Lipinski definition) is 0. The second kappa shape index (κ2) is 5.64. The lowest BCUT2D eigenvalue weighted by atomic mass is 10.2. The molecule has 0 aliphatic carbocycles. The third-order valence-corrected chi connectivity index (χ3v) is 2.73. The Balaban J connectivity index is 2.51. The van der Waals surface area contributed by atoms with Crippen LogP contribution in [0.2, 0.25) is 0 Å². The number of hydrogen-bond acceptors (Lipinski definition) is 5. The van der Waals surface area contributed by atoms with E-state index >= 15 is 0 Å². The molecule has 106 valence electrons. The molecule has 0 aliphatic heterocycles. The van der Waals surface area contributed by atoms with Gasteiger partial charge in [-0.25, -0.2) is 14.2 Å². The predicted octanol–water partition coefficient (Wildman–Crippen LogP) is 3.10. The van der Waals surface area contributed by atoms with E-state index in [1.165, 1.54) is 11.7 Å². The van der Waals surface area contributed by atoms with Gasteiger partial charge in [0.1, 0.15) is 0 Å². The van der Waals surface area contributed by atoms with E-state index in [1.807, 2.05) is 19.1 Å². The Morgan fingerprint density at radius 3 is 2.65 bits per heavy atom. The highest BCUT2D eigenvalue weighted by atomic mass is 16.7. The van der Waals surface area contributed by atoms with Crippen molar-refractivity contribution in [2.24, 2.45) is 0 Å². The molecule has 0 spiro atoms. The van der Waals surface area contributed by atoms with Crippen LogP contribution in [0, 0.1) is 6.92 Å². The van der Waals surface area contributed by atoms with Crippen molar-refractivity contribution < 1.29 is 23.8 Å². The van der Waals surface area contributed by atoms with Gasteiger partial charge in [-0.2, -0.15) is 0 Å². The molecule has 0 aliphatic rings. The van der Waals surface area contributed by atoms with Gasteiger partial charge in [-0.1, -0.05) is 11.6 Å². The van der Waals surface area contributed by atoms with Crippen molar-refractivity contribution in [1.82, 2.24) is 4.57 Å². The molecule has 2 rings (SSSR count). The van der Waals surface area contributed by atoms with Crippen molar-refractivity contribution in [2.75, 3.05) is 13.7 Å². The molecule has 0 fully saturated rings. The van der Waals surface area contributed by atoms with E-state index < -0.39 is 12.2 Å². The Hall–Kier alpha value is -2.50. The van der Waals surface area contributed by atoms with Gasteiger partial charge in [0.15, 0.2) is 0 Å². The van der Waals surface area contributed by atoms with E-state index in [0.29, 0.717) is 5.52 Å². The number of methoxy groups -OCH3 is 1. The molecule has 0 saturated carbocycles. The fourth-order valence-corrected chi connectivity index (χ4v) is 1.90. The summed E-state index contributed by atoms with van der Waals surface area (Å²) in [5, 5.41) is 0.773. The number of fused-ring (bicyclic) bond motifs is 1. The van der Waals surface area contributed by atoms with Crippen LogP contribution < -0.4 is 4.74 Å². The second-order valence-electron chi connectivity index (χ2n) is 4.14. The van der Waals surface area contributed by atoms with Crippen LogP contribution in [-0.2, 0) is 9.47 Å². The summed E-state index contributed by atoms with van der Waals surface area (Å²) in [5.74, 6) is 0.0656. The number of aromatic nitrogens is 1. The van der Waals surface area contributed by atoms with Crippen LogP contribution in [0.15, 0.2) is 24.3 Å². The van der Waals surface area contributed by atoms with Crippen molar-refractivity contribution in [3.8, 4) is 5.88 Å². The molecule has 6 heteroatoms. The first kappa shape index (κ1) is 13.9. The monoisotopic (exact) mass is 277 g/mol. The highest BCUT2D eigenvalue weighted by Gasteiger charge is 2.19. The lowest BCUT2D eigenvalue weighted by molar-refractivity contribution is 0.101. The zero-order valence-corrected chi connectivity index (χ0v) is 11.5. The summed E-state index contributed by atoms with van der Waals surface area (Å²) in [7, 11) is 1.26. The Morgan fingerprint density at radius 2 is 2.00 bits per heavy atom. The first-order valence-corrected chi connectivity index (χ1v) is 6.11.